The van der Waals surface area contributed by atoms with Crippen LogP contribution in [0.1, 0.15) is 28.8 Å². The van der Waals surface area contributed by atoms with Crippen molar-refractivity contribution in [1.82, 2.24) is 15.2 Å². The molecule has 7 heteroatoms. The maximum atomic E-state index is 12.4. The van der Waals surface area contributed by atoms with Gasteiger partial charge in [0.25, 0.3) is 5.91 Å². The first-order valence-electron chi connectivity index (χ1n) is 9.38. The first kappa shape index (κ1) is 19.5. The van der Waals surface area contributed by atoms with E-state index in [1.54, 1.807) is 36.7 Å². The Labute approximate surface area is 164 Å². The van der Waals surface area contributed by atoms with Gasteiger partial charge in [-0.15, -0.1) is 0 Å². The molecule has 1 aliphatic rings. The molecule has 1 aliphatic heterocycles. The second-order valence-corrected chi connectivity index (χ2v) is 7.00. The number of amides is 3. The van der Waals surface area contributed by atoms with Crippen molar-refractivity contribution in [1.29, 1.82) is 0 Å². The molecule has 1 fully saturated rings. The van der Waals surface area contributed by atoms with Crippen LogP contribution >= 0.6 is 0 Å². The van der Waals surface area contributed by atoms with Gasteiger partial charge in [-0.3, -0.25) is 19.4 Å². The fraction of sp³-hybridized carbons (Fsp3) is 0.333. The number of likely N-dealkylation sites (tertiary alicyclic amines) is 1. The van der Waals surface area contributed by atoms with Crippen LogP contribution in [0.15, 0.2) is 48.8 Å². The Morgan fingerprint density at radius 3 is 2.29 bits per heavy atom. The Kier molecular flexibility index (Phi) is 6.37. The molecule has 1 saturated heterocycles. The van der Waals surface area contributed by atoms with E-state index in [-0.39, 0.29) is 11.8 Å². The summed E-state index contributed by atoms with van der Waals surface area (Å²) in [5.41, 5.74) is 2.31. The van der Waals surface area contributed by atoms with E-state index in [1.165, 1.54) is 0 Å². The fourth-order valence-electron chi connectivity index (χ4n) is 3.16. The van der Waals surface area contributed by atoms with Crippen LogP contribution in [-0.4, -0.2) is 47.2 Å². The zero-order valence-electron chi connectivity index (χ0n) is 15.9. The van der Waals surface area contributed by atoms with Crippen molar-refractivity contribution in [2.45, 2.75) is 19.8 Å². The lowest BCUT2D eigenvalue weighted by Gasteiger charge is -2.32. The molecule has 1 aromatic carbocycles. The molecular weight excluding hydrogens is 356 g/mol. The van der Waals surface area contributed by atoms with E-state index >= 15 is 0 Å². The summed E-state index contributed by atoms with van der Waals surface area (Å²) in [4.78, 5) is 42.2. The van der Waals surface area contributed by atoms with E-state index in [0.29, 0.717) is 30.9 Å². The molecule has 0 unspecified atom stereocenters. The van der Waals surface area contributed by atoms with Gasteiger partial charge in [-0.05, 0) is 49.9 Å². The van der Waals surface area contributed by atoms with Crippen LogP contribution in [0.2, 0.25) is 0 Å². The Balaban J connectivity index is 1.41. The van der Waals surface area contributed by atoms with Gasteiger partial charge in [0, 0.05) is 43.3 Å². The Hall–Kier alpha value is -3.22. The number of nitrogens with one attached hydrogen (secondary N) is 2. The van der Waals surface area contributed by atoms with Crippen molar-refractivity contribution >= 4 is 23.4 Å². The van der Waals surface area contributed by atoms with E-state index in [9.17, 15) is 14.4 Å². The molecule has 0 radical (unpaired) electrons. The summed E-state index contributed by atoms with van der Waals surface area (Å²) < 4.78 is 0. The molecule has 0 saturated carbocycles. The summed E-state index contributed by atoms with van der Waals surface area (Å²) in [5.74, 6) is -1.06. The number of pyridine rings is 1. The number of anilines is 1. The minimum atomic E-state index is -0.672. The van der Waals surface area contributed by atoms with Crippen LogP contribution in [0.4, 0.5) is 5.69 Å². The first-order chi connectivity index (χ1) is 13.5. The number of carbonyl (C=O) groups excluding carboxylic acids is 3. The van der Waals surface area contributed by atoms with Gasteiger partial charge >= 0.3 is 11.8 Å². The van der Waals surface area contributed by atoms with Gasteiger partial charge in [-0.1, -0.05) is 17.7 Å². The van der Waals surface area contributed by atoms with Crippen LogP contribution in [0.3, 0.4) is 0 Å². The van der Waals surface area contributed by atoms with Crippen molar-refractivity contribution in [2.75, 3.05) is 25.0 Å². The minimum Gasteiger partial charge on any atom is -0.348 e. The number of piperidine rings is 1. The normalized spacial score (nSPS) is 14.4. The standard InChI is InChI=1S/C21H24N4O3/c1-15-2-4-18(5-3-15)24-20(27)19(26)23-14-16-8-12-25(13-9-16)21(28)17-6-10-22-11-7-17/h2-7,10-11,16H,8-9,12-14H2,1H3,(H,23,26)(H,24,27). The monoisotopic (exact) mass is 380 g/mol. The third kappa shape index (κ3) is 5.16. The van der Waals surface area contributed by atoms with Crippen molar-refractivity contribution in [3.63, 3.8) is 0 Å². The molecule has 1 aromatic heterocycles. The number of rotatable bonds is 4. The lowest BCUT2D eigenvalue weighted by molar-refractivity contribution is -0.136. The van der Waals surface area contributed by atoms with E-state index in [0.717, 1.165) is 18.4 Å². The molecule has 0 atom stereocenters. The predicted octanol–water partition coefficient (Wildman–Crippen LogP) is 2.00. The second-order valence-electron chi connectivity index (χ2n) is 7.00. The lowest BCUT2D eigenvalue weighted by atomic mass is 9.96. The smallest absolute Gasteiger partial charge is 0.313 e. The number of nitrogens with zero attached hydrogens (tertiary/aromatic N) is 2. The average molecular weight is 380 g/mol. The average Bonchev–Trinajstić information content (AvgIpc) is 2.74. The summed E-state index contributed by atoms with van der Waals surface area (Å²) in [5, 5.41) is 5.28. The van der Waals surface area contributed by atoms with Gasteiger partial charge in [0.2, 0.25) is 0 Å². The van der Waals surface area contributed by atoms with Crippen LogP contribution in [0, 0.1) is 12.8 Å². The molecule has 0 spiro atoms. The quantitative estimate of drug-likeness (QED) is 0.794. The number of hydrogen-bond donors (Lipinski definition) is 2. The molecular formula is C21H24N4O3. The van der Waals surface area contributed by atoms with Gasteiger partial charge in [0.1, 0.15) is 0 Å². The predicted molar refractivity (Wildman–Crippen MR) is 106 cm³/mol. The first-order valence-corrected chi connectivity index (χ1v) is 9.38. The van der Waals surface area contributed by atoms with E-state index in [1.807, 2.05) is 24.0 Å². The Morgan fingerprint density at radius 2 is 1.64 bits per heavy atom. The summed E-state index contributed by atoms with van der Waals surface area (Å²) in [7, 11) is 0. The van der Waals surface area contributed by atoms with Gasteiger partial charge in [0.05, 0.1) is 0 Å². The van der Waals surface area contributed by atoms with E-state index in [2.05, 4.69) is 15.6 Å². The number of hydrogen-bond acceptors (Lipinski definition) is 4. The Morgan fingerprint density at radius 1 is 1.00 bits per heavy atom. The number of aromatic nitrogens is 1. The summed E-state index contributed by atoms with van der Waals surface area (Å²) in [6.45, 7) is 3.65. The molecule has 3 amide bonds. The molecule has 28 heavy (non-hydrogen) atoms. The SMILES string of the molecule is Cc1ccc(NC(=O)C(=O)NCC2CCN(C(=O)c3ccncc3)CC2)cc1. The Bertz CT molecular complexity index is 828. The van der Waals surface area contributed by atoms with Crippen molar-refractivity contribution in [3.8, 4) is 0 Å². The number of aryl methyl sites for hydroxylation is 1. The molecule has 146 valence electrons. The third-order valence-electron chi connectivity index (χ3n) is 4.90. The molecule has 2 N–H and O–H groups in total. The highest BCUT2D eigenvalue weighted by Gasteiger charge is 2.24. The van der Waals surface area contributed by atoms with Crippen LogP contribution in [0.5, 0.6) is 0 Å². The highest BCUT2D eigenvalue weighted by atomic mass is 16.2. The van der Waals surface area contributed by atoms with Gasteiger partial charge in [-0.2, -0.15) is 0 Å². The summed E-state index contributed by atoms with van der Waals surface area (Å²) in [6.07, 6.45) is 4.79. The summed E-state index contributed by atoms with van der Waals surface area (Å²) in [6, 6.07) is 10.7. The zero-order valence-corrected chi connectivity index (χ0v) is 15.9. The molecule has 2 aromatic rings. The van der Waals surface area contributed by atoms with Crippen LogP contribution in [-0.2, 0) is 9.59 Å². The van der Waals surface area contributed by atoms with Gasteiger partial charge in [0.15, 0.2) is 0 Å². The lowest BCUT2D eigenvalue weighted by Crippen LogP contribution is -2.43. The second kappa shape index (κ2) is 9.12. The molecule has 0 bridgehead atoms. The van der Waals surface area contributed by atoms with Crippen molar-refractivity contribution < 1.29 is 14.4 Å². The molecule has 7 nitrogen and oxygen atoms in total. The van der Waals surface area contributed by atoms with Crippen molar-refractivity contribution in [3.05, 3.63) is 59.9 Å². The van der Waals surface area contributed by atoms with Gasteiger partial charge in [-0.25, -0.2) is 0 Å². The zero-order chi connectivity index (χ0) is 19.9. The maximum Gasteiger partial charge on any atom is 0.313 e. The number of carbonyl (C=O) groups is 3. The van der Waals surface area contributed by atoms with Crippen LogP contribution < -0.4 is 10.6 Å². The fourth-order valence-corrected chi connectivity index (χ4v) is 3.16. The summed E-state index contributed by atoms with van der Waals surface area (Å²) >= 11 is 0. The molecule has 0 aliphatic carbocycles. The number of benzene rings is 1. The van der Waals surface area contributed by atoms with Crippen molar-refractivity contribution in [2.24, 2.45) is 5.92 Å². The maximum absolute atomic E-state index is 12.4. The largest absolute Gasteiger partial charge is 0.348 e. The van der Waals surface area contributed by atoms with Gasteiger partial charge < -0.3 is 15.5 Å². The van der Waals surface area contributed by atoms with Crippen LogP contribution in [0.25, 0.3) is 0 Å². The topological polar surface area (TPSA) is 91.4 Å². The minimum absolute atomic E-state index is 0.00219. The molecule has 2 heterocycles. The highest BCUT2D eigenvalue weighted by Crippen LogP contribution is 2.18. The third-order valence-corrected chi connectivity index (χ3v) is 4.90. The molecule has 3 rings (SSSR count). The highest BCUT2D eigenvalue weighted by molar-refractivity contribution is 6.39. The van der Waals surface area contributed by atoms with E-state index < -0.39 is 11.8 Å². The van der Waals surface area contributed by atoms with E-state index in [4.69, 9.17) is 0 Å².